The molecule has 2 aromatic rings. The van der Waals surface area contributed by atoms with Crippen LogP contribution in [0.25, 0.3) is 10.9 Å². The third-order valence-electron chi connectivity index (χ3n) is 2.38. The molecule has 0 saturated carbocycles. The van der Waals surface area contributed by atoms with Gasteiger partial charge in [-0.15, -0.1) is 0 Å². The maximum atomic E-state index is 11.9. The van der Waals surface area contributed by atoms with Crippen molar-refractivity contribution in [1.82, 2.24) is 9.66 Å². The largest absolute Gasteiger partial charge is 0.305 e. The van der Waals surface area contributed by atoms with Crippen LogP contribution in [0.2, 0.25) is 0 Å². The minimum absolute atomic E-state index is 0.0214. The highest BCUT2D eigenvalue weighted by atomic mass is 16.1. The lowest BCUT2D eigenvalue weighted by molar-refractivity contribution is 0.781. The summed E-state index contributed by atoms with van der Waals surface area (Å²) in [6.07, 6.45) is 1.59. The standard InChI is InChI=1S/C10H9N3O/c14-10-8-3-1-2-4-9(8)11-7-13(10)12-5-6-12/h1-4,7H,5-6H2. The van der Waals surface area contributed by atoms with Crippen molar-refractivity contribution < 1.29 is 0 Å². The Morgan fingerprint density at radius 2 is 2.00 bits per heavy atom. The monoisotopic (exact) mass is 187 g/mol. The maximum absolute atomic E-state index is 11.9. The van der Waals surface area contributed by atoms with Gasteiger partial charge in [-0.3, -0.25) is 4.79 Å². The van der Waals surface area contributed by atoms with Gasteiger partial charge in [-0.2, -0.15) is 0 Å². The Bertz CT molecular complexity index is 542. The third kappa shape index (κ3) is 1.00. The minimum Gasteiger partial charge on any atom is -0.305 e. The minimum atomic E-state index is 0.0214. The molecule has 0 spiro atoms. The fraction of sp³-hybridized carbons (Fsp3) is 0.200. The van der Waals surface area contributed by atoms with Crippen LogP contribution >= 0.6 is 0 Å². The number of benzene rings is 1. The fourth-order valence-electron chi connectivity index (χ4n) is 1.52. The summed E-state index contributed by atoms with van der Waals surface area (Å²) in [6, 6.07) is 7.41. The number of fused-ring (bicyclic) bond motifs is 1. The number of para-hydroxylation sites is 1. The normalized spacial score (nSPS) is 14.7. The van der Waals surface area contributed by atoms with Crippen molar-refractivity contribution >= 4 is 10.9 Å². The molecular weight excluding hydrogens is 178 g/mol. The quantitative estimate of drug-likeness (QED) is 0.604. The van der Waals surface area contributed by atoms with Crippen molar-refractivity contribution in [1.29, 1.82) is 0 Å². The van der Waals surface area contributed by atoms with Crippen molar-refractivity contribution in [3.8, 4) is 0 Å². The molecular formula is C10H9N3O. The van der Waals surface area contributed by atoms with E-state index in [1.54, 1.807) is 11.0 Å². The highest BCUT2D eigenvalue weighted by Gasteiger charge is 2.19. The molecule has 1 aromatic carbocycles. The van der Waals surface area contributed by atoms with E-state index in [-0.39, 0.29) is 5.56 Å². The molecule has 4 nitrogen and oxygen atoms in total. The highest BCUT2D eigenvalue weighted by molar-refractivity contribution is 5.76. The zero-order valence-electron chi connectivity index (χ0n) is 7.55. The number of hydrogen-bond acceptors (Lipinski definition) is 3. The van der Waals surface area contributed by atoms with Crippen molar-refractivity contribution in [3.63, 3.8) is 0 Å². The predicted octanol–water partition coefficient (Wildman–Crippen LogP) is 0.348. The second-order valence-corrected chi connectivity index (χ2v) is 3.37. The van der Waals surface area contributed by atoms with Gasteiger partial charge in [0.05, 0.1) is 24.0 Å². The number of nitrogens with zero attached hydrogens (tertiary/aromatic N) is 3. The number of aromatic nitrogens is 2. The van der Waals surface area contributed by atoms with Gasteiger partial charge in [-0.25, -0.2) is 9.66 Å². The van der Waals surface area contributed by atoms with E-state index in [2.05, 4.69) is 4.98 Å². The SMILES string of the molecule is O=c1c2ccccc2ncn1N1CC1. The molecule has 0 amide bonds. The van der Waals surface area contributed by atoms with Crippen LogP contribution in [0.4, 0.5) is 0 Å². The summed E-state index contributed by atoms with van der Waals surface area (Å²) in [5, 5.41) is 2.63. The van der Waals surface area contributed by atoms with Gasteiger partial charge >= 0.3 is 0 Å². The van der Waals surface area contributed by atoms with Crippen LogP contribution < -0.4 is 10.6 Å². The number of hydrogen-bond donors (Lipinski definition) is 0. The lowest BCUT2D eigenvalue weighted by atomic mass is 10.2. The first-order valence-electron chi connectivity index (χ1n) is 4.58. The highest BCUT2D eigenvalue weighted by Crippen LogP contribution is 2.06. The van der Waals surface area contributed by atoms with Crippen molar-refractivity contribution in [2.75, 3.05) is 18.1 Å². The molecule has 1 saturated heterocycles. The van der Waals surface area contributed by atoms with E-state index >= 15 is 0 Å². The molecule has 2 heterocycles. The summed E-state index contributed by atoms with van der Waals surface area (Å²) in [5.41, 5.74) is 0.781. The molecule has 3 rings (SSSR count). The average Bonchev–Trinajstić information content (AvgIpc) is 3.03. The van der Waals surface area contributed by atoms with E-state index < -0.39 is 0 Å². The van der Waals surface area contributed by atoms with E-state index in [9.17, 15) is 4.79 Å². The first-order chi connectivity index (χ1) is 6.86. The summed E-state index contributed by atoms with van der Waals surface area (Å²) in [7, 11) is 0. The molecule has 0 N–H and O–H groups in total. The second kappa shape index (κ2) is 2.57. The van der Waals surface area contributed by atoms with Gasteiger partial charge < -0.3 is 5.01 Å². The Labute approximate surface area is 80.4 Å². The Balaban J connectivity index is 2.36. The van der Waals surface area contributed by atoms with Crippen LogP contribution in [0.15, 0.2) is 35.4 Å². The lowest BCUT2D eigenvalue weighted by Gasteiger charge is -2.06. The predicted molar refractivity (Wildman–Crippen MR) is 54.0 cm³/mol. The summed E-state index contributed by atoms with van der Waals surface area (Å²) in [4.78, 5) is 16.1. The molecule has 14 heavy (non-hydrogen) atoms. The molecule has 0 bridgehead atoms. The van der Waals surface area contributed by atoms with E-state index in [0.717, 1.165) is 18.6 Å². The van der Waals surface area contributed by atoms with Gasteiger partial charge in [-0.1, -0.05) is 12.1 Å². The summed E-state index contributed by atoms with van der Waals surface area (Å²) in [5.74, 6) is 0. The summed E-state index contributed by atoms with van der Waals surface area (Å²) >= 11 is 0. The Morgan fingerprint density at radius 3 is 2.79 bits per heavy atom. The Kier molecular flexibility index (Phi) is 1.39. The molecule has 1 aromatic heterocycles. The van der Waals surface area contributed by atoms with Crippen molar-refractivity contribution in [2.45, 2.75) is 0 Å². The Morgan fingerprint density at radius 1 is 1.21 bits per heavy atom. The molecule has 1 fully saturated rings. The van der Waals surface area contributed by atoms with Crippen LogP contribution in [0, 0.1) is 0 Å². The second-order valence-electron chi connectivity index (χ2n) is 3.37. The van der Waals surface area contributed by atoms with Crippen molar-refractivity contribution in [3.05, 3.63) is 40.9 Å². The van der Waals surface area contributed by atoms with Crippen LogP contribution in [0.5, 0.6) is 0 Å². The molecule has 0 aliphatic carbocycles. The summed E-state index contributed by atoms with van der Waals surface area (Å²) in [6.45, 7) is 1.89. The van der Waals surface area contributed by atoms with Gasteiger partial charge in [0.15, 0.2) is 0 Å². The van der Waals surface area contributed by atoms with Gasteiger partial charge in [0.25, 0.3) is 5.56 Å². The van der Waals surface area contributed by atoms with Crippen LogP contribution in [-0.4, -0.2) is 22.7 Å². The van der Waals surface area contributed by atoms with Gasteiger partial charge in [-0.05, 0) is 12.1 Å². The Hall–Kier alpha value is -1.84. The van der Waals surface area contributed by atoms with E-state index in [1.807, 2.05) is 29.3 Å². The smallest absolute Gasteiger partial charge is 0.279 e. The first kappa shape index (κ1) is 7.55. The van der Waals surface area contributed by atoms with Crippen LogP contribution in [-0.2, 0) is 0 Å². The molecule has 0 radical (unpaired) electrons. The topological polar surface area (TPSA) is 37.9 Å². The molecule has 0 atom stereocenters. The molecule has 4 heteroatoms. The van der Waals surface area contributed by atoms with E-state index in [4.69, 9.17) is 0 Å². The average molecular weight is 187 g/mol. The molecule has 1 aliphatic rings. The maximum Gasteiger partial charge on any atom is 0.279 e. The third-order valence-corrected chi connectivity index (χ3v) is 2.38. The summed E-state index contributed by atoms with van der Waals surface area (Å²) < 4.78 is 1.59. The molecule has 0 unspecified atom stereocenters. The van der Waals surface area contributed by atoms with E-state index in [0.29, 0.717) is 5.39 Å². The van der Waals surface area contributed by atoms with E-state index in [1.165, 1.54) is 0 Å². The van der Waals surface area contributed by atoms with Gasteiger partial charge in [0.2, 0.25) is 0 Å². The van der Waals surface area contributed by atoms with Crippen molar-refractivity contribution in [2.24, 2.45) is 0 Å². The zero-order chi connectivity index (χ0) is 9.54. The van der Waals surface area contributed by atoms with Crippen LogP contribution in [0.1, 0.15) is 0 Å². The zero-order valence-corrected chi connectivity index (χ0v) is 7.55. The van der Waals surface area contributed by atoms with Gasteiger partial charge in [0.1, 0.15) is 6.33 Å². The lowest BCUT2D eigenvalue weighted by Crippen LogP contribution is -2.28. The van der Waals surface area contributed by atoms with Gasteiger partial charge in [0, 0.05) is 0 Å². The number of rotatable bonds is 1. The van der Waals surface area contributed by atoms with Crippen LogP contribution in [0.3, 0.4) is 0 Å². The fourth-order valence-corrected chi connectivity index (χ4v) is 1.52. The first-order valence-corrected chi connectivity index (χ1v) is 4.58. The molecule has 1 aliphatic heterocycles. The molecule has 70 valence electrons.